The van der Waals surface area contributed by atoms with Gasteiger partial charge in [0.05, 0.1) is 4.90 Å². The zero-order valence-electron chi connectivity index (χ0n) is 10.5. The molecule has 0 saturated heterocycles. The molecule has 0 aromatic heterocycles. The summed E-state index contributed by atoms with van der Waals surface area (Å²) in [5, 5.41) is 0. The zero-order chi connectivity index (χ0) is 13.2. The van der Waals surface area contributed by atoms with Gasteiger partial charge in [-0.25, -0.2) is 13.1 Å². The summed E-state index contributed by atoms with van der Waals surface area (Å²) in [6.07, 6.45) is 0.587. The highest BCUT2D eigenvalue weighted by molar-refractivity contribution is 7.89. The summed E-state index contributed by atoms with van der Waals surface area (Å²) in [4.78, 5) is 0.163. The summed E-state index contributed by atoms with van der Waals surface area (Å²) >= 11 is 0. The number of benzene rings is 1. The lowest BCUT2D eigenvalue weighted by Crippen LogP contribution is -2.29. The molecule has 0 fully saturated rings. The molecule has 1 heterocycles. The van der Waals surface area contributed by atoms with E-state index < -0.39 is 10.0 Å². The lowest BCUT2D eigenvalue weighted by Gasteiger charge is -2.08. The van der Waals surface area contributed by atoms with Gasteiger partial charge in [-0.15, -0.1) is 12.4 Å². The van der Waals surface area contributed by atoms with Gasteiger partial charge in [-0.1, -0.05) is 0 Å². The van der Waals surface area contributed by atoms with Gasteiger partial charge < -0.3 is 15.2 Å². The van der Waals surface area contributed by atoms with E-state index in [4.69, 9.17) is 15.2 Å². The van der Waals surface area contributed by atoms with Gasteiger partial charge in [0.1, 0.15) is 0 Å². The Morgan fingerprint density at radius 2 is 2.05 bits per heavy atom. The third kappa shape index (κ3) is 3.97. The number of hydrogen-bond acceptors (Lipinski definition) is 5. The van der Waals surface area contributed by atoms with E-state index in [1.807, 2.05) is 6.92 Å². The van der Waals surface area contributed by atoms with Crippen LogP contribution in [0.25, 0.3) is 0 Å². The summed E-state index contributed by atoms with van der Waals surface area (Å²) in [6, 6.07) is 4.49. The second-order valence-corrected chi connectivity index (χ2v) is 5.95. The molecule has 1 atom stereocenters. The third-order valence-electron chi connectivity index (χ3n) is 2.55. The average Bonchev–Trinajstić information content (AvgIpc) is 2.74. The van der Waals surface area contributed by atoms with Crippen LogP contribution >= 0.6 is 12.4 Å². The van der Waals surface area contributed by atoms with Crippen molar-refractivity contribution in [2.75, 3.05) is 13.3 Å². The van der Waals surface area contributed by atoms with Gasteiger partial charge in [-0.2, -0.15) is 0 Å². The topological polar surface area (TPSA) is 90.7 Å². The van der Waals surface area contributed by atoms with Gasteiger partial charge in [-0.05, 0) is 25.5 Å². The summed E-state index contributed by atoms with van der Waals surface area (Å²) in [5.74, 6) is 1.01. The first-order valence-corrected chi connectivity index (χ1v) is 7.12. The number of ether oxygens (including phenoxy) is 2. The van der Waals surface area contributed by atoms with E-state index in [0.717, 1.165) is 0 Å². The lowest BCUT2D eigenvalue weighted by atomic mass is 10.3. The van der Waals surface area contributed by atoms with Crippen LogP contribution in [-0.4, -0.2) is 27.8 Å². The van der Waals surface area contributed by atoms with Crippen molar-refractivity contribution in [1.82, 2.24) is 4.72 Å². The van der Waals surface area contributed by atoms with Crippen LogP contribution in [0.4, 0.5) is 0 Å². The fourth-order valence-corrected chi connectivity index (χ4v) is 2.61. The second kappa shape index (κ2) is 6.42. The van der Waals surface area contributed by atoms with Gasteiger partial charge in [0.2, 0.25) is 16.8 Å². The predicted octanol–water partition coefficient (Wildman–Crippen LogP) is 0.853. The molecule has 1 aromatic rings. The fourth-order valence-electron chi connectivity index (χ4n) is 1.55. The van der Waals surface area contributed by atoms with Gasteiger partial charge >= 0.3 is 0 Å². The van der Waals surface area contributed by atoms with Gasteiger partial charge in [0.25, 0.3) is 0 Å². The van der Waals surface area contributed by atoms with Crippen LogP contribution in [0.3, 0.4) is 0 Å². The molecule has 0 bridgehead atoms. The third-order valence-corrected chi connectivity index (χ3v) is 4.00. The van der Waals surface area contributed by atoms with Crippen LogP contribution in [0.15, 0.2) is 23.1 Å². The Balaban J connectivity index is 0.00000180. The maximum atomic E-state index is 12.0. The molecule has 0 radical (unpaired) electrons. The van der Waals surface area contributed by atoms with E-state index in [1.54, 1.807) is 6.07 Å². The molecule has 1 aromatic carbocycles. The largest absolute Gasteiger partial charge is 0.454 e. The summed E-state index contributed by atoms with van der Waals surface area (Å²) < 4.78 is 36.7. The first-order valence-electron chi connectivity index (χ1n) is 5.64. The highest BCUT2D eigenvalue weighted by Crippen LogP contribution is 2.33. The van der Waals surface area contributed by atoms with Gasteiger partial charge in [-0.3, -0.25) is 0 Å². The van der Waals surface area contributed by atoms with Crippen molar-refractivity contribution in [1.29, 1.82) is 0 Å². The molecule has 19 heavy (non-hydrogen) atoms. The number of fused-ring (bicyclic) bond motifs is 1. The Hall–Kier alpha value is -1.02. The molecular formula is C11H17ClN2O4S. The Morgan fingerprint density at radius 3 is 2.74 bits per heavy atom. The molecule has 6 nitrogen and oxygen atoms in total. The quantitative estimate of drug-likeness (QED) is 0.841. The fraction of sp³-hybridized carbons (Fsp3) is 0.455. The van der Waals surface area contributed by atoms with Crippen molar-refractivity contribution in [3.8, 4) is 11.5 Å². The maximum Gasteiger partial charge on any atom is 0.240 e. The van der Waals surface area contributed by atoms with Crippen molar-refractivity contribution < 1.29 is 17.9 Å². The Morgan fingerprint density at radius 1 is 1.37 bits per heavy atom. The molecule has 0 amide bonds. The van der Waals surface area contributed by atoms with Crippen molar-refractivity contribution in [3.63, 3.8) is 0 Å². The van der Waals surface area contributed by atoms with Crippen molar-refractivity contribution >= 4 is 22.4 Å². The minimum atomic E-state index is -3.52. The number of halogens is 1. The second-order valence-electron chi connectivity index (χ2n) is 4.18. The average molecular weight is 309 g/mol. The minimum absolute atomic E-state index is 0. The van der Waals surface area contributed by atoms with Crippen LogP contribution < -0.4 is 19.9 Å². The molecular weight excluding hydrogens is 292 g/mol. The monoisotopic (exact) mass is 308 g/mol. The summed E-state index contributed by atoms with van der Waals surface area (Å²) in [6.45, 7) is 2.26. The Bertz CT molecular complexity index is 533. The summed E-state index contributed by atoms with van der Waals surface area (Å²) in [5.41, 5.74) is 5.56. The number of sulfonamides is 1. The number of nitrogens with one attached hydrogen (secondary N) is 1. The van der Waals surface area contributed by atoms with E-state index in [2.05, 4.69) is 4.72 Å². The predicted molar refractivity (Wildman–Crippen MR) is 73.3 cm³/mol. The summed E-state index contributed by atoms with van der Waals surface area (Å²) in [7, 11) is -3.52. The van der Waals surface area contributed by atoms with Crippen LogP contribution in [-0.2, 0) is 10.0 Å². The highest BCUT2D eigenvalue weighted by atomic mass is 35.5. The first kappa shape index (κ1) is 16.0. The Labute approximate surface area is 118 Å². The van der Waals surface area contributed by atoms with Crippen LogP contribution in [0.2, 0.25) is 0 Å². The van der Waals surface area contributed by atoms with Crippen LogP contribution in [0.1, 0.15) is 13.3 Å². The maximum absolute atomic E-state index is 12.0. The first-order chi connectivity index (χ1) is 8.49. The zero-order valence-corrected chi connectivity index (χ0v) is 12.1. The standard InChI is InChI=1S/C11H16N2O4S.ClH/c1-8(12)4-5-13-18(14,15)9-2-3-10-11(6-9)17-7-16-10;/h2-3,6,8,13H,4-5,7,12H2,1H3;1H. The smallest absolute Gasteiger partial charge is 0.240 e. The molecule has 0 spiro atoms. The van der Waals surface area contributed by atoms with Crippen molar-refractivity contribution in [3.05, 3.63) is 18.2 Å². The molecule has 108 valence electrons. The SMILES string of the molecule is CC(N)CCNS(=O)(=O)c1ccc2c(c1)OCO2.Cl. The molecule has 1 unspecified atom stereocenters. The van der Waals surface area contributed by atoms with Crippen LogP contribution in [0.5, 0.6) is 11.5 Å². The normalized spacial score (nSPS) is 14.8. The van der Waals surface area contributed by atoms with E-state index in [-0.39, 0.29) is 30.1 Å². The van der Waals surface area contributed by atoms with Gasteiger partial charge in [0, 0.05) is 18.7 Å². The number of nitrogens with two attached hydrogens (primary N) is 1. The molecule has 0 aliphatic carbocycles. The van der Waals surface area contributed by atoms with Crippen molar-refractivity contribution in [2.45, 2.75) is 24.3 Å². The Kier molecular flexibility index (Phi) is 5.42. The van der Waals surface area contributed by atoms with Crippen molar-refractivity contribution in [2.24, 2.45) is 5.73 Å². The molecule has 8 heteroatoms. The van der Waals surface area contributed by atoms with Gasteiger partial charge in [0.15, 0.2) is 11.5 Å². The molecule has 0 saturated carbocycles. The molecule has 3 N–H and O–H groups in total. The molecule has 1 aliphatic rings. The van der Waals surface area contributed by atoms with E-state index in [1.165, 1.54) is 12.1 Å². The van der Waals surface area contributed by atoms with E-state index >= 15 is 0 Å². The van der Waals surface area contributed by atoms with E-state index in [0.29, 0.717) is 24.5 Å². The highest BCUT2D eigenvalue weighted by Gasteiger charge is 2.19. The number of rotatable bonds is 5. The van der Waals surface area contributed by atoms with Crippen LogP contribution in [0, 0.1) is 0 Å². The van der Waals surface area contributed by atoms with E-state index in [9.17, 15) is 8.42 Å². The molecule has 1 aliphatic heterocycles. The lowest BCUT2D eigenvalue weighted by molar-refractivity contribution is 0.174. The molecule has 2 rings (SSSR count). The minimum Gasteiger partial charge on any atom is -0.454 e. The number of hydrogen-bond donors (Lipinski definition) is 2.